The van der Waals surface area contributed by atoms with Crippen LogP contribution in [-0.2, 0) is 9.59 Å². The van der Waals surface area contributed by atoms with Gasteiger partial charge in [-0.15, -0.1) is 12.6 Å². The molecule has 4 heteroatoms. The second-order valence-electron chi connectivity index (χ2n) is 2.76. The molecule has 0 aliphatic heterocycles. The van der Waals surface area contributed by atoms with Gasteiger partial charge >= 0.3 is 0 Å². The van der Waals surface area contributed by atoms with Crippen LogP contribution in [0.15, 0.2) is 6.08 Å². The van der Waals surface area contributed by atoms with E-state index < -0.39 is 6.04 Å². The highest BCUT2D eigenvalue weighted by atomic mass is 32.1. The van der Waals surface area contributed by atoms with Gasteiger partial charge in [0.2, 0.25) is 5.12 Å². The standard InChI is InChI=1S/C9H15NO2S/c1-2-3-4-6-10-8(5-7-11)9(12)13/h5,8,10H,2-4,6H2,1H3,(H,12,13)/t8-/m0/s1. The molecule has 3 nitrogen and oxygen atoms in total. The zero-order chi connectivity index (χ0) is 10.1. The Balaban J connectivity index is 3.70. The molecular formula is C9H15NO2S. The Hall–Kier alpha value is -0.570. The second kappa shape index (κ2) is 8.05. The summed E-state index contributed by atoms with van der Waals surface area (Å²) >= 11 is 3.64. The molecule has 0 aliphatic carbocycles. The molecule has 0 aromatic rings. The fourth-order valence-corrected chi connectivity index (χ4v) is 1.08. The van der Waals surface area contributed by atoms with Crippen LogP contribution in [0.4, 0.5) is 0 Å². The van der Waals surface area contributed by atoms with Crippen molar-refractivity contribution in [3.63, 3.8) is 0 Å². The smallest absolute Gasteiger partial charge is 0.207 e. The highest BCUT2D eigenvalue weighted by Gasteiger charge is 2.09. The van der Waals surface area contributed by atoms with E-state index in [2.05, 4.69) is 24.9 Å². The number of thiol groups is 1. The fourth-order valence-electron chi connectivity index (χ4n) is 0.918. The molecule has 0 heterocycles. The summed E-state index contributed by atoms with van der Waals surface area (Å²) in [6.45, 7) is 2.83. The predicted octanol–water partition coefficient (Wildman–Crippen LogP) is 0.979. The molecular weight excluding hydrogens is 186 g/mol. The van der Waals surface area contributed by atoms with E-state index in [4.69, 9.17) is 0 Å². The molecule has 0 aliphatic rings. The molecule has 0 saturated carbocycles. The van der Waals surface area contributed by atoms with Gasteiger partial charge in [0.25, 0.3) is 0 Å². The van der Waals surface area contributed by atoms with Gasteiger partial charge in [-0.3, -0.25) is 4.79 Å². The molecule has 13 heavy (non-hydrogen) atoms. The van der Waals surface area contributed by atoms with E-state index in [1.165, 1.54) is 0 Å². The van der Waals surface area contributed by atoms with Gasteiger partial charge in [-0.25, -0.2) is 4.79 Å². The van der Waals surface area contributed by atoms with E-state index in [0.29, 0.717) is 0 Å². The Morgan fingerprint density at radius 1 is 1.62 bits per heavy atom. The minimum absolute atomic E-state index is 0.347. The molecule has 1 N–H and O–H groups in total. The number of carbonyl (C=O) groups excluding carboxylic acids is 2. The van der Waals surface area contributed by atoms with Crippen LogP contribution in [0, 0.1) is 0 Å². The van der Waals surface area contributed by atoms with Crippen LogP contribution in [0.2, 0.25) is 0 Å². The topological polar surface area (TPSA) is 46.2 Å². The van der Waals surface area contributed by atoms with Crippen molar-refractivity contribution < 1.29 is 9.59 Å². The Labute approximate surface area is 84.0 Å². The molecule has 0 bridgehead atoms. The van der Waals surface area contributed by atoms with E-state index in [-0.39, 0.29) is 5.12 Å². The van der Waals surface area contributed by atoms with Gasteiger partial charge in [-0.1, -0.05) is 19.8 Å². The van der Waals surface area contributed by atoms with Crippen molar-refractivity contribution in [2.75, 3.05) is 6.54 Å². The van der Waals surface area contributed by atoms with Gasteiger partial charge in [0, 0.05) is 6.08 Å². The number of carbonyl (C=O) groups is 1. The number of hydrogen-bond donors (Lipinski definition) is 2. The normalized spacial score (nSPS) is 11.8. The summed E-state index contributed by atoms with van der Waals surface area (Å²) in [6, 6.07) is -0.585. The number of nitrogens with one attached hydrogen (secondary N) is 1. The van der Waals surface area contributed by atoms with Gasteiger partial charge in [-0.2, -0.15) is 0 Å². The Morgan fingerprint density at radius 3 is 2.77 bits per heavy atom. The highest BCUT2D eigenvalue weighted by Crippen LogP contribution is 1.95. The van der Waals surface area contributed by atoms with Crippen molar-refractivity contribution >= 4 is 23.7 Å². The first-order chi connectivity index (χ1) is 6.22. The molecule has 0 unspecified atom stereocenters. The first-order valence-corrected chi connectivity index (χ1v) is 4.84. The molecule has 0 fully saturated rings. The lowest BCUT2D eigenvalue weighted by atomic mass is 10.2. The molecule has 0 radical (unpaired) electrons. The molecule has 0 amide bonds. The largest absolute Gasteiger partial charge is 0.303 e. The lowest BCUT2D eigenvalue weighted by Crippen LogP contribution is -2.33. The number of unbranched alkanes of at least 4 members (excludes halogenated alkanes) is 2. The summed E-state index contributed by atoms with van der Waals surface area (Å²) < 4.78 is 0. The third-order valence-corrected chi connectivity index (χ3v) is 1.92. The molecule has 1 atom stereocenters. The molecule has 0 rings (SSSR count). The van der Waals surface area contributed by atoms with E-state index in [1.54, 1.807) is 5.94 Å². The van der Waals surface area contributed by atoms with Crippen LogP contribution >= 0.6 is 12.6 Å². The van der Waals surface area contributed by atoms with Crippen LogP contribution in [0.25, 0.3) is 0 Å². The van der Waals surface area contributed by atoms with E-state index in [1.807, 2.05) is 0 Å². The molecule has 0 saturated heterocycles. The maximum absolute atomic E-state index is 10.8. The van der Waals surface area contributed by atoms with Gasteiger partial charge in [0.05, 0.1) is 0 Å². The van der Waals surface area contributed by atoms with Crippen molar-refractivity contribution in [1.82, 2.24) is 5.32 Å². The van der Waals surface area contributed by atoms with Crippen molar-refractivity contribution in [2.24, 2.45) is 0 Å². The lowest BCUT2D eigenvalue weighted by Gasteiger charge is -2.08. The highest BCUT2D eigenvalue weighted by molar-refractivity contribution is 7.96. The summed E-state index contributed by atoms with van der Waals surface area (Å²) in [4.78, 5) is 20.8. The summed E-state index contributed by atoms with van der Waals surface area (Å²) in [5.74, 6) is 1.58. The van der Waals surface area contributed by atoms with Crippen LogP contribution in [0.1, 0.15) is 26.2 Å². The molecule has 74 valence electrons. The Morgan fingerprint density at radius 2 is 2.31 bits per heavy atom. The van der Waals surface area contributed by atoms with Gasteiger partial charge in [-0.05, 0) is 13.0 Å². The summed E-state index contributed by atoms with van der Waals surface area (Å²) in [6.07, 6.45) is 4.40. The monoisotopic (exact) mass is 201 g/mol. The Bertz CT molecular complexity index is 198. The maximum atomic E-state index is 10.8. The zero-order valence-corrected chi connectivity index (χ0v) is 8.64. The molecule has 0 aromatic carbocycles. The van der Waals surface area contributed by atoms with Crippen LogP contribution in [0.3, 0.4) is 0 Å². The Kier molecular flexibility index (Phi) is 7.69. The average Bonchev–Trinajstić information content (AvgIpc) is 2.10. The minimum Gasteiger partial charge on any atom is -0.303 e. The first kappa shape index (κ1) is 12.4. The van der Waals surface area contributed by atoms with Crippen molar-refractivity contribution in [1.29, 1.82) is 0 Å². The third-order valence-electron chi connectivity index (χ3n) is 1.65. The molecule has 0 spiro atoms. The zero-order valence-electron chi connectivity index (χ0n) is 7.75. The van der Waals surface area contributed by atoms with Crippen molar-refractivity contribution in [3.05, 3.63) is 6.08 Å². The second-order valence-corrected chi connectivity index (χ2v) is 3.20. The lowest BCUT2D eigenvalue weighted by molar-refractivity contribution is -0.111. The minimum atomic E-state index is -0.585. The summed E-state index contributed by atoms with van der Waals surface area (Å²) in [5.41, 5.74) is 0. The van der Waals surface area contributed by atoms with E-state index in [9.17, 15) is 9.59 Å². The van der Waals surface area contributed by atoms with Gasteiger partial charge < -0.3 is 5.32 Å². The quantitative estimate of drug-likeness (QED) is 0.367. The van der Waals surface area contributed by atoms with Crippen LogP contribution in [-0.4, -0.2) is 23.6 Å². The summed E-state index contributed by atoms with van der Waals surface area (Å²) in [7, 11) is 0. The number of hydrogen-bond acceptors (Lipinski definition) is 3. The van der Waals surface area contributed by atoms with Crippen LogP contribution in [0.5, 0.6) is 0 Å². The first-order valence-electron chi connectivity index (χ1n) is 4.39. The SMILES string of the molecule is CCCCCN[C@@H](C=C=O)C(=O)S. The van der Waals surface area contributed by atoms with Crippen LogP contribution < -0.4 is 5.32 Å². The molecule has 0 aromatic heterocycles. The van der Waals surface area contributed by atoms with Gasteiger partial charge in [0.1, 0.15) is 12.0 Å². The average molecular weight is 201 g/mol. The van der Waals surface area contributed by atoms with E-state index in [0.717, 1.165) is 31.9 Å². The van der Waals surface area contributed by atoms with Crippen molar-refractivity contribution in [3.8, 4) is 0 Å². The van der Waals surface area contributed by atoms with Gasteiger partial charge in [0.15, 0.2) is 0 Å². The van der Waals surface area contributed by atoms with E-state index >= 15 is 0 Å². The maximum Gasteiger partial charge on any atom is 0.207 e. The summed E-state index contributed by atoms with van der Waals surface area (Å²) in [5, 5.41) is 2.56. The fraction of sp³-hybridized carbons (Fsp3) is 0.667. The third kappa shape index (κ3) is 6.58. The predicted molar refractivity (Wildman–Crippen MR) is 55.6 cm³/mol. The van der Waals surface area contributed by atoms with Crippen molar-refractivity contribution in [2.45, 2.75) is 32.2 Å². The number of rotatable bonds is 7.